The van der Waals surface area contributed by atoms with Crippen LogP contribution < -0.4 is 5.32 Å². The second kappa shape index (κ2) is 6.37. The summed E-state index contributed by atoms with van der Waals surface area (Å²) in [6.07, 6.45) is 1.47. The Hall–Kier alpha value is -3.41. The molecule has 2 aromatic carbocycles. The SMILES string of the molecule is O=C(O)CNC(=O)c1ncc2ccc(-c3ccccc3)cc2c1O. The number of aromatic nitrogens is 1. The van der Waals surface area contributed by atoms with Crippen molar-refractivity contribution in [2.75, 3.05) is 6.54 Å². The number of nitrogens with zero attached hydrogens (tertiary/aromatic N) is 1. The maximum atomic E-state index is 12.0. The summed E-state index contributed by atoms with van der Waals surface area (Å²) in [5.74, 6) is -2.18. The molecule has 3 N–H and O–H groups in total. The van der Waals surface area contributed by atoms with E-state index >= 15 is 0 Å². The van der Waals surface area contributed by atoms with Crippen LogP contribution in [0.5, 0.6) is 5.75 Å². The lowest BCUT2D eigenvalue weighted by molar-refractivity contribution is -0.135. The summed E-state index contributed by atoms with van der Waals surface area (Å²) in [4.78, 5) is 26.4. The lowest BCUT2D eigenvalue weighted by atomic mass is 10.0. The Balaban J connectivity index is 2.03. The van der Waals surface area contributed by atoms with Crippen molar-refractivity contribution in [2.45, 2.75) is 0 Å². The first-order valence-corrected chi connectivity index (χ1v) is 7.23. The number of carboxylic acids is 1. The summed E-state index contributed by atoms with van der Waals surface area (Å²) in [6, 6.07) is 15.1. The highest BCUT2D eigenvalue weighted by Crippen LogP contribution is 2.31. The van der Waals surface area contributed by atoms with Crippen LogP contribution in [0.2, 0.25) is 0 Å². The largest absolute Gasteiger partial charge is 0.505 e. The van der Waals surface area contributed by atoms with E-state index in [-0.39, 0.29) is 11.4 Å². The molecule has 6 heteroatoms. The summed E-state index contributed by atoms with van der Waals surface area (Å²) in [5.41, 5.74) is 1.67. The predicted molar refractivity (Wildman–Crippen MR) is 88.8 cm³/mol. The first-order chi connectivity index (χ1) is 11.6. The molecule has 1 aromatic heterocycles. The van der Waals surface area contributed by atoms with Gasteiger partial charge < -0.3 is 15.5 Å². The van der Waals surface area contributed by atoms with Gasteiger partial charge >= 0.3 is 5.97 Å². The summed E-state index contributed by atoms with van der Waals surface area (Å²) in [6.45, 7) is -0.540. The average Bonchev–Trinajstić information content (AvgIpc) is 2.60. The molecule has 0 saturated carbocycles. The molecule has 0 aliphatic carbocycles. The van der Waals surface area contributed by atoms with E-state index in [1.54, 1.807) is 6.07 Å². The van der Waals surface area contributed by atoms with Crippen molar-refractivity contribution in [3.63, 3.8) is 0 Å². The number of carboxylic acid groups (broad SMARTS) is 1. The first kappa shape index (κ1) is 15.5. The number of hydrogen-bond acceptors (Lipinski definition) is 4. The molecule has 0 saturated heterocycles. The van der Waals surface area contributed by atoms with Crippen LogP contribution in [-0.4, -0.2) is 33.6 Å². The van der Waals surface area contributed by atoms with Crippen molar-refractivity contribution >= 4 is 22.6 Å². The zero-order chi connectivity index (χ0) is 17.1. The van der Waals surface area contributed by atoms with Crippen molar-refractivity contribution in [1.82, 2.24) is 10.3 Å². The molecule has 6 nitrogen and oxygen atoms in total. The van der Waals surface area contributed by atoms with E-state index in [1.807, 2.05) is 42.5 Å². The first-order valence-electron chi connectivity index (χ1n) is 7.23. The van der Waals surface area contributed by atoms with Gasteiger partial charge in [-0.2, -0.15) is 0 Å². The van der Waals surface area contributed by atoms with Gasteiger partial charge in [-0.25, -0.2) is 4.98 Å². The Morgan fingerprint density at radius 3 is 2.50 bits per heavy atom. The third-order valence-electron chi connectivity index (χ3n) is 3.59. The topological polar surface area (TPSA) is 99.5 Å². The smallest absolute Gasteiger partial charge is 0.322 e. The van der Waals surface area contributed by atoms with Gasteiger partial charge in [0.25, 0.3) is 5.91 Å². The number of fused-ring (bicyclic) bond motifs is 1. The molecule has 3 aromatic rings. The number of carbonyl (C=O) groups excluding carboxylic acids is 1. The fraction of sp³-hybridized carbons (Fsp3) is 0.0556. The molecule has 24 heavy (non-hydrogen) atoms. The molecule has 0 atom stereocenters. The van der Waals surface area contributed by atoms with Gasteiger partial charge in [0.15, 0.2) is 11.4 Å². The number of pyridine rings is 1. The molecule has 3 rings (SSSR count). The second-order valence-corrected chi connectivity index (χ2v) is 5.20. The third-order valence-corrected chi connectivity index (χ3v) is 3.59. The van der Waals surface area contributed by atoms with Crippen LogP contribution in [-0.2, 0) is 4.79 Å². The lowest BCUT2D eigenvalue weighted by Gasteiger charge is -2.09. The van der Waals surface area contributed by atoms with Crippen LogP contribution in [0.3, 0.4) is 0 Å². The van der Waals surface area contributed by atoms with Crippen LogP contribution in [0.25, 0.3) is 21.9 Å². The van der Waals surface area contributed by atoms with E-state index in [1.165, 1.54) is 6.20 Å². The molecule has 0 bridgehead atoms. The van der Waals surface area contributed by atoms with Gasteiger partial charge in [-0.05, 0) is 17.2 Å². The maximum Gasteiger partial charge on any atom is 0.322 e. The molecular formula is C18H14N2O4. The molecule has 0 fully saturated rings. The molecule has 0 spiro atoms. The molecule has 0 unspecified atom stereocenters. The number of hydrogen-bond donors (Lipinski definition) is 3. The molecule has 120 valence electrons. The van der Waals surface area contributed by atoms with Gasteiger partial charge in [0, 0.05) is 17.0 Å². The summed E-state index contributed by atoms with van der Waals surface area (Å²) in [7, 11) is 0. The Labute approximate surface area is 137 Å². The maximum absolute atomic E-state index is 12.0. The quantitative estimate of drug-likeness (QED) is 0.685. The summed E-state index contributed by atoms with van der Waals surface area (Å²) < 4.78 is 0. The Kier molecular flexibility index (Phi) is 4.11. The number of carbonyl (C=O) groups is 2. The van der Waals surface area contributed by atoms with E-state index in [0.717, 1.165) is 11.1 Å². The van der Waals surface area contributed by atoms with E-state index in [0.29, 0.717) is 10.8 Å². The monoisotopic (exact) mass is 322 g/mol. The second-order valence-electron chi connectivity index (χ2n) is 5.20. The Morgan fingerprint density at radius 1 is 1.04 bits per heavy atom. The highest BCUT2D eigenvalue weighted by molar-refractivity contribution is 6.03. The minimum absolute atomic E-state index is 0.200. The third kappa shape index (κ3) is 3.03. The van der Waals surface area contributed by atoms with Crippen LogP contribution in [0.1, 0.15) is 10.5 Å². The van der Waals surface area contributed by atoms with Crippen LogP contribution >= 0.6 is 0 Å². The van der Waals surface area contributed by atoms with Gasteiger partial charge in [0.2, 0.25) is 0 Å². The number of aliphatic carboxylic acids is 1. The number of aromatic hydroxyl groups is 1. The number of rotatable bonds is 4. The van der Waals surface area contributed by atoms with Crippen molar-refractivity contribution in [1.29, 1.82) is 0 Å². The minimum atomic E-state index is -1.17. The van der Waals surface area contributed by atoms with Crippen LogP contribution in [0.4, 0.5) is 0 Å². The minimum Gasteiger partial charge on any atom is -0.505 e. The van der Waals surface area contributed by atoms with E-state index in [2.05, 4.69) is 10.3 Å². The molecule has 0 radical (unpaired) electrons. The standard InChI is InChI=1S/C18H14N2O4/c21-15(22)10-20-18(24)16-17(23)14-8-12(6-7-13(14)9-19-16)11-4-2-1-3-5-11/h1-9,23H,10H2,(H,20,24)(H,21,22). The van der Waals surface area contributed by atoms with E-state index in [9.17, 15) is 14.7 Å². The molecular weight excluding hydrogens is 308 g/mol. The fourth-order valence-corrected chi connectivity index (χ4v) is 2.41. The van der Waals surface area contributed by atoms with Gasteiger partial charge in [0.1, 0.15) is 6.54 Å². The van der Waals surface area contributed by atoms with Crippen molar-refractivity contribution < 1.29 is 19.8 Å². The van der Waals surface area contributed by atoms with Gasteiger partial charge in [0.05, 0.1) is 0 Å². The van der Waals surface area contributed by atoms with E-state index in [4.69, 9.17) is 5.11 Å². The highest BCUT2D eigenvalue weighted by Gasteiger charge is 2.16. The molecule has 1 amide bonds. The van der Waals surface area contributed by atoms with Crippen LogP contribution in [0, 0.1) is 0 Å². The van der Waals surface area contributed by atoms with Gasteiger partial charge in [-0.15, -0.1) is 0 Å². The van der Waals surface area contributed by atoms with Crippen molar-refractivity contribution in [2.24, 2.45) is 0 Å². The van der Waals surface area contributed by atoms with Crippen molar-refractivity contribution in [3.05, 3.63) is 60.4 Å². The predicted octanol–water partition coefficient (Wildman–Crippen LogP) is 2.42. The van der Waals surface area contributed by atoms with Gasteiger partial charge in [-0.1, -0.05) is 42.5 Å². The molecule has 0 aliphatic heterocycles. The molecule has 0 aliphatic rings. The Bertz CT molecular complexity index is 923. The zero-order valence-corrected chi connectivity index (χ0v) is 12.6. The number of benzene rings is 2. The summed E-state index contributed by atoms with van der Waals surface area (Å²) in [5, 5.41) is 22.4. The zero-order valence-electron chi connectivity index (χ0n) is 12.6. The van der Waals surface area contributed by atoms with Crippen molar-refractivity contribution in [3.8, 4) is 16.9 Å². The van der Waals surface area contributed by atoms with Gasteiger partial charge in [-0.3, -0.25) is 9.59 Å². The van der Waals surface area contributed by atoms with E-state index < -0.39 is 18.4 Å². The van der Waals surface area contributed by atoms with Crippen LogP contribution in [0.15, 0.2) is 54.7 Å². The highest BCUT2D eigenvalue weighted by atomic mass is 16.4. The number of amides is 1. The number of nitrogens with one attached hydrogen (secondary N) is 1. The Morgan fingerprint density at radius 2 is 1.79 bits per heavy atom. The fourth-order valence-electron chi connectivity index (χ4n) is 2.41. The average molecular weight is 322 g/mol. The summed E-state index contributed by atoms with van der Waals surface area (Å²) >= 11 is 0. The normalized spacial score (nSPS) is 10.5. The molecule has 1 heterocycles. The lowest BCUT2D eigenvalue weighted by Crippen LogP contribution is -2.29.